The second-order valence-corrected chi connectivity index (χ2v) is 5.85. The van der Waals surface area contributed by atoms with E-state index in [1.807, 2.05) is 60.7 Å². The van der Waals surface area contributed by atoms with Crippen molar-refractivity contribution in [3.05, 3.63) is 71.8 Å². The summed E-state index contributed by atoms with van der Waals surface area (Å²) in [4.78, 5) is 0. The van der Waals surface area contributed by atoms with Crippen LogP contribution in [0.4, 0.5) is 0 Å². The van der Waals surface area contributed by atoms with E-state index in [1.165, 1.54) is 0 Å². The highest BCUT2D eigenvalue weighted by atomic mass is 16.3. The lowest BCUT2D eigenvalue weighted by Crippen LogP contribution is -2.33. The third kappa shape index (κ3) is 4.62. The Morgan fingerprint density at radius 1 is 0.783 bits per heavy atom. The van der Waals surface area contributed by atoms with E-state index in [0.717, 1.165) is 0 Å². The number of aliphatic hydroxyl groups is 4. The molecule has 0 fully saturated rings. The lowest BCUT2D eigenvalue weighted by Gasteiger charge is -2.32. The van der Waals surface area contributed by atoms with Gasteiger partial charge in [-0.2, -0.15) is 0 Å². The van der Waals surface area contributed by atoms with Gasteiger partial charge in [-0.25, -0.2) is 0 Å². The lowest BCUT2D eigenvalue weighted by molar-refractivity contribution is -0.00548. The average molecular weight is 316 g/mol. The number of rotatable bonds is 8. The average Bonchev–Trinajstić information content (AvgIpc) is 2.56. The van der Waals surface area contributed by atoms with E-state index in [2.05, 4.69) is 0 Å². The Bertz CT molecular complexity index is 531. The summed E-state index contributed by atoms with van der Waals surface area (Å²) in [6, 6.07) is 18.4. The number of hydrogen-bond acceptors (Lipinski definition) is 4. The molecule has 2 aromatic rings. The maximum Gasteiger partial charge on any atom is 0.117 e. The van der Waals surface area contributed by atoms with Crippen LogP contribution in [-0.4, -0.2) is 39.2 Å². The summed E-state index contributed by atoms with van der Waals surface area (Å²) in [6.07, 6.45) is -1.27. The number of hydrogen-bond donors (Lipinski definition) is 4. The van der Waals surface area contributed by atoms with Crippen LogP contribution >= 0.6 is 0 Å². The molecule has 0 saturated heterocycles. The molecule has 0 heterocycles. The van der Waals surface area contributed by atoms with E-state index in [-0.39, 0.29) is 25.9 Å². The summed E-state index contributed by atoms with van der Waals surface area (Å²) in [6.45, 7) is -0.129. The molecule has 2 atom stereocenters. The zero-order valence-corrected chi connectivity index (χ0v) is 13.0. The Morgan fingerprint density at radius 2 is 1.26 bits per heavy atom. The molecule has 0 aliphatic carbocycles. The highest BCUT2D eigenvalue weighted by Crippen LogP contribution is 2.34. The standard InChI is InChI=1S/C19H24O4/c20-12-11-17(21)13-18(22)14-19(23,15-7-3-1-4-8-15)16-9-5-2-6-10-16/h1-10,17-18,20-23H,11-14H2. The van der Waals surface area contributed by atoms with Gasteiger partial charge in [-0.15, -0.1) is 0 Å². The van der Waals surface area contributed by atoms with Crippen molar-refractivity contribution >= 4 is 0 Å². The van der Waals surface area contributed by atoms with Gasteiger partial charge in [-0.05, 0) is 24.0 Å². The molecule has 0 aromatic heterocycles. The van der Waals surface area contributed by atoms with Crippen molar-refractivity contribution in [2.45, 2.75) is 37.1 Å². The van der Waals surface area contributed by atoms with Crippen molar-refractivity contribution < 1.29 is 20.4 Å². The lowest BCUT2D eigenvalue weighted by atomic mass is 9.81. The van der Waals surface area contributed by atoms with Crippen LogP contribution in [0.15, 0.2) is 60.7 Å². The first kappa shape index (κ1) is 17.6. The Labute approximate surface area is 136 Å². The minimum absolute atomic E-state index is 0.0729. The Morgan fingerprint density at radius 3 is 1.70 bits per heavy atom. The van der Waals surface area contributed by atoms with Gasteiger partial charge in [-0.3, -0.25) is 0 Å². The first-order chi connectivity index (χ1) is 11.1. The SMILES string of the molecule is OCCC(O)CC(O)CC(O)(c1ccccc1)c1ccccc1. The summed E-state index contributed by atoms with van der Waals surface area (Å²) in [5.41, 5.74) is 0.0599. The fourth-order valence-corrected chi connectivity index (χ4v) is 2.84. The molecule has 2 aromatic carbocycles. The number of benzene rings is 2. The third-order valence-corrected chi connectivity index (χ3v) is 4.04. The predicted octanol–water partition coefficient (Wildman–Crippen LogP) is 1.81. The highest BCUT2D eigenvalue weighted by Gasteiger charge is 2.34. The molecule has 4 heteroatoms. The molecule has 23 heavy (non-hydrogen) atoms. The van der Waals surface area contributed by atoms with Crippen LogP contribution in [0, 0.1) is 0 Å². The first-order valence-electron chi connectivity index (χ1n) is 7.86. The molecule has 0 aliphatic rings. The fraction of sp³-hybridized carbons (Fsp3) is 0.368. The summed E-state index contributed by atoms with van der Waals surface area (Å²) in [5.74, 6) is 0. The molecule has 0 saturated carbocycles. The monoisotopic (exact) mass is 316 g/mol. The minimum atomic E-state index is -1.33. The third-order valence-electron chi connectivity index (χ3n) is 4.04. The van der Waals surface area contributed by atoms with Crippen LogP contribution in [0.25, 0.3) is 0 Å². The Kier molecular flexibility index (Phi) is 6.30. The van der Waals surface area contributed by atoms with E-state index in [4.69, 9.17) is 5.11 Å². The molecule has 4 N–H and O–H groups in total. The van der Waals surface area contributed by atoms with Crippen LogP contribution in [0.2, 0.25) is 0 Å². The predicted molar refractivity (Wildman–Crippen MR) is 88.8 cm³/mol. The summed E-state index contributed by atoms with van der Waals surface area (Å²) >= 11 is 0. The van der Waals surface area contributed by atoms with Gasteiger partial charge in [0.05, 0.1) is 12.2 Å². The molecule has 124 valence electrons. The maximum absolute atomic E-state index is 11.3. The Balaban J connectivity index is 2.25. The summed E-state index contributed by atoms with van der Waals surface area (Å²) < 4.78 is 0. The van der Waals surface area contributed by atoms with Gasteiger partial charge >= 0.3 is 0 Å². The molecule has 0 amide bonds. The van der Waals surface area contributed by atoms with Crippen molar-refractivity contribution in [3.8, 4) is 0 Å². The van der Waals surface area contributed by atoms with Gasteiger partial charge in [0.1, 0.15) is 5.60 Å². The summed E-state index contributed by atoms with van der Waals surface area (Å²) in [5, 5.41) is 40.2. The molecule has 2 unspecified atom stereocenters. The van der Waals surface area contributed by atoms with Crippen molar-refractivity contribution in [1.29, 1.82) is 0 Å². The van der Waals surface area contributed by atoms with Gasteiger partial charge < -0.3 is 20.4 Å². The van der Waals surface area contributed by atoms with Crippen molar-refractivity contribution in [2.75, 3.05) is 6.61 Å². The van der Waals surface area contributed by atoms with E-state index in [0.29, 0.717) is 11.1 Å². The quantitative estimate of drug-likeness (QED) is 0.599. The first-order valence-corrected chi connectivity index (χ1v) is 7.86. The van der Waals surface area contributed by atoms with Gasteiger partial charge in [0.2, 0.25) is 0 Å². The minimum Gasteiger partial charge on any atom is -0.396 e. The van der Waals surface area contributed by atoms with Crippen LogP contribution < -0.4 is 0 Å². The van der Waals surface area contributed by atoms with Crippen molar-refractivity contribution in [1.82, 2.24) is 0 Å². The Hall–Kier alpha value is -1.72. The summed E-state index contributed by atoms with van der Waals surface area (Å²) in [7, 11) is 0. The highest BCUT2D eigenvalue weighted by molar-refractivity contribution is 5.36. The fourth-order valence-electron chi connectivity index (χ4n) is 2.84. The second-order valence-electron chi connectivity index (χ2n) is 5.85. The van der Waals surface area contributed by atoms with Gasteiger partial charge in [0.25, 0.3) is 0 Å². The molecule has 2 rings (SSSR count). The molecule has 0 bridgehead atoms. The van der Waals surface area contributed by atoms with E-state index >= 15 is 0 Å². The van der Waals surface area contributed by atoms with Gasteiger partial charge in [0.15, 0.2) is 0 Å². The maximum atomic E-state index is 11.3. The second kappa shape index (κ2) is 8.22. The molecular formula is C19H24O4. The van der Waals surface area contributed by atoms with E-state index in [9.17, 15) is 15.3 Å². The zero-order valence-electron chi connectivity index (χ0n) is 13.0. The zero-order chi connectivity index (χ0) is 16.7. The van der Waals surface area contributed by atoms with Crippen molar-refractivity contribution in [3.63, 3.8) is 0 Å². The van der Waals surface area contributed by atoms with Crippen LogP contribution in [0.1, 0.15) is 30.4 Å². The van der Waals surface area contributed by atoms with Gasteiger partial charge in [0, 0.05) is 13.0 Å². The largest absolute Gasteiger partial charge is 0.396 e. The van der Waals surface area contributed by atoms with Crippen LogP contribution in [-0.2, 0) is 5.60 Å². The van der Waals surface area contributed by atoms with E-state index in [1.54, 1.807) is 0 Å². The molecule has 0 spiro atoms. The van der Waals surface area contributed by atoms with Crippen LogP contribution in [0.5, 0.6) is 0 Å². The number of aliphatic hydroxyl groups excluding tert-OH is 3. The molecular weight excluding hydrogens is 292 g/mol. The van der Waals surface area contributed by atoms with Crippen LogP contribution in [0.3, 0.4) is 0 Å². The smallest absolute Gasteiger partial charge is 0.117 e. The molecule has 4 nitrogen and oxygen atoms in total. The normalized spacial score (nSPS) is 14.4. The van der Waals surface area contributed by atoms with E-state index < -0.39 is 17.8 Å². The van der Waals surface area contributed by atoms with Crippen molar-refractivity contribution in [2.24, 2.45) is 0 Å². The molecule has 0 aliphatic heterocycles. The molecule has 0 radical (unpaired) electrons. The van der Waals surface area contributed by atoms with Gasteiger partial charge in [-0.1, -0.05) is 60.7 Å². The topological polar surface area (TPSA) is 80.9 Å².